The quantitative estimate of drug-likeness (QED) is 0.778. The van der Waals surface area contributed by atoms with Crippen LogP contribution in [0.2, 0.25) is 0 Å². The summed E-state index contributed by atoms with van der Waals surface area (Å²) in [4.78, 5) is 0. The molecule has 0 amide bonds. The van der Waals surface area contributed by atoms with E-state index in [2.05, 4.69) is 19.9 Å². The summed E-state index contributed by atoms with van der Waals surface area (Å²) in [5.74, 6) is 0.843. The van der Waals surface area contributed by atoms with Crippen molar-refractivity contribution in [2.45, 2.75) is 32.6 Å². The largest absolute Gasteiger partial charge is 0.508 e. The molecule has 82 valence electrons. The Bertz CT molecular complexity index is 371. The van der Waals surface area contributed by atoms with Gasteiger partial charge in [0.15, 0.2) is 0 Å². The highest BCUT2D eigenvalue weighted by Crippen LogP contribution is 2.47. The van der Waals surface area contributed by atoms with Gasteiger partial charge in [-0.25, -0.2) is 0 Å². The molecule has 0 aliphatic heterocycles. The topological polar surface area (TPSA) is 46.2 Å². The first-order valence-electron chi connectivity index (χ1n) is 5.57. The van der Waals surface area contributed by atoms with Gasteiger partial charge < -0.3 is 10.8 Å². The third kappa shape index (κ3) is 1.63. The van der Waals surface area contributed by atoms with Gasteiger partial charge in [0.1, 0.15) is 5.75 Å². The van der Waals surface area contributed by atoms with Crippen molar-refractivity contribution in [1.82, 2.24) is 0 Å². The number of nitrogens with two attached hydrogens (primary N) is 1. The van der Waals surface area contributed by atoms with Crippen molar-refractivity contribution in [2.75, 3.05) is 6.54 Å². The highest BCUT2D eigenvalue weighted by molar-refractivity contribution is 5.46. The van der Waals surface area contributed by atoms with E-state index in [0.29, 0.717) is 18.2 Å². The molecule has 1 aromatic carbocycles. The first kappa shape index (κ1) is 10.5. The first-order valence-corrected chi connectivity index (χ1v) is 5.57. The van der Waals surface area contributed by atoms with Crippen LogP contribution < -0.4 is 5.73 Å². The Morgan fingerprint density at radius 1 is 1.47 bits per heavy atom. The monoisotopic (exact) mass is 205 g/mol. The number of hydrogen-bond acceptors (Lipinski definition) is 2. The molecule has 3 N–H and O–H groups in total. The smallest absolute Gasteiger partial charge is 0.119 e. The van der Waals surface area contributed by atoms with Crippen LogP contribution in [0.15, 0.2) is 18.2 Å². The summed E-state index contributed by atoms with van der Waals surface area (Å²) in [6.45, 7) is 5.02. The normalized spacial score (nSPS) is 20.3. The Kier molecular flexibility index (Phi) is 2.47. The molecular weight excluding hydrogens is 186 g/mol. The Balaban J connectivity index is 2.44. The molecule has 2 nitrogen and oxygen atoms in total. The van der Waals surface area contributed by atoms with Crippen LogP contribution in [0.3, 0.4) is 0 Å². The Morgan fingerprint density at radius 2 is 2.20 bits per heavy atom. The lowest BCUT2D eigenvalue weighted by Gasteiger charge is -2.31. The molecule has 1 atom stereocenters. The van der Waals surface area contributed by atoms with Crippen LogP contribution in [-0.4, -0.2) is 11.7 Å². The van der Waals surface area contributed by atoms with E-state index < -0.39 is 0 Å². The van der Waals surface area contributed by atoms with Gasteiger partial charge in [0, 0.05) is 5.56 Å². The van der Waals surface area contributed by atoms with E-state index in [4.69, 9.17) is 5.73 Å². The molecule has 1 aliphatic rings. The van der Waals surface area contributed by atoms with Gasteiger partial charge in [0.2, 0.25) is 0 Å². The van der Waals surface area contributed by atoms with Gasteiger partial charge in [-0.1, -0.05) is 26.0 Å². The Hall–Kier alpha value is -1.02. The predicted molar refractivity (Wildman–Crippen MR) is 62.0 cm³/mol. The van der Waals surface area contributed by atoms with Gasteiger partial charge in [-0.05, 0) is 42.3 Å². The third-order valence-corrected chi connectivity index (χ3v) is 3.69. The molecule has 0 heterocycles. The summed E-state index contributed by atoms with van der Waals surface area (Å²) in [6, 6.07) is 5.82. The lowest BCUT2D eigenvalue weighted by atomic mass is 9.75. The Labute approximate surface area is 91.1 Å². The summed E-state index contributed by atoms with van der Waals surface area (Å²) >= 11 is 0. The van der Waals surface area contributed by atoms with E-state index in [-0.39, 0.29) is 5.41 Å². The maximum atomic E-state index is 9.92. The van der Waals surface area contributed by atoms with Crippen LogP contribution in [0.4, 0.5) is 0 Å². The second-order valence-electron chi connectivity index (χ2n) is 5.13. The lowest BCUT2D eigenvalue weighted by Crippen LogP contribution is -2.29. The highest BCUT2D eigenvalue weighted by Gasteiger charge is 2.36. The number of aromatic hydroxyl groups is 1. The summed E-state index contributed by atoms with van der Waals surface area (Å²) in [5, 5.41) is 9.92. The number of phenols is 1. The minimum Gasteiger partial charge on any atom is -0.508 e. The van der Waals surface area contributed by atoms with Gasteiger partial charge in [-0.3, -0.25) is 0 Å². The van der Waals surface area contributed by atoms with E-state index in [1.165, 1.54) is 5.56 Å². The van der Waals surface area contributed by atoms with Crippen molar-refractivity contribution in [3.63, 3.8) is 0 Å². The fraction of sp³-hybridized carbons (Fsp3) is 0.538. The van der Waals surface area contributed by atoms with E-state index in [1.807, 2.05) is 6.07 Å². The third-order valence-electron chi connectivity index (χ3n) is 3.69. The van der Waals surface area contributed by atoms with Crippen molar-refractivity contribution in [1.29, 1.82) is 0 Å². The van der Waals surface area contributed by atoms with Crippen LogP contribution in [0.25, 0.3) is 0 Å². The van der Waals surface area contributed by atoms with Gasteiger partial charge >= 0.3 is 0 Å². The Morgan fingerprint density at radius 3 is 2.87 bits per heavy atom. The SMILES string of the molecule is CC(C)(CN)C1CCc2cccc(O)c21. The number of fused-ring (bicyclic) bond motifs is 1. The molecule has 15 heavy (non-hydrogen) atoms. The molecular formula is C13H19NO. The molecule has 0 saturated heterocycles. The number of rotatable bonds is 2. The second kappa shape index (κ2) is 3.53. The summed E-state index contributed by atoms with van der Waals surface area (Å²) in [7, 11) is 0. The van der Waals surface area contributed by atoms with E-state index in [1.54, 1.807) is 6.07 Å². The molecule has 1 unspecified atom stereocenters. The van der Waals surface area contributed by atoms with E-state index in [0.717, 1.165) is 18.4 Å². The van der Waals surface area contributed by atoms with E-state index in [9.17, 15) is 5.11 Å². The zero-order valence-electron chi connectivity index (χ0n) is 9.46. The van der Waals surface area contributed by atoms with Crippen molar-refractivity contribution < 1.29 is 5.11 Å². The maximum absolute atomic E-state index is 9.92. The minimum absolute atomic E-state index is 0.0735. The van der Waals surface area contributed by atoms with Crippen molar-refractivity contribution in [3.8, 4) is 5.75 Å². The molecule has 1 aromatic rings. The fourth-order valence-electron chi connectivity index (χ4n) is 2.59. The summed E-state index contributed by atoms with van der Waals surface area (Å²) in [5.41, 5.74) is 8.31. The second-order valence-corrected chi connectivity index (χ2v) is 5.13. The molecule has 1 aliphatic carbocycles. The maximum Gasteiger partial charge on any atom is 0.119 e. The summed E-state index contributed by atoms with van der Waals surface area (Å²) < 4.78 is 0. The molecule has 2 rings (SSSR count). The summed E-state index contributed by atoms with van der Waals surface area (Å²) in [6.07, 6.45) is 2.18. The van der Waals surface area contributed by atoms with Gasteiger partial charge in [-0.2, -0.15) is 0 Å². The zero-order chi connectivity index (χ0) is 11.1. The molecule has 0 spiro atoms. The van der Waals surface area contributed by atoms with Crippen LogP contribution in [-0.2, 0) is 6.42 Å². The van der Waals surface area contributed by atoms with Crippen LogP contribution >= 0.6 is 0 Å². The predicted octanol–water partition coefficient (Wildman–Crippen LogP) is 2.41. The first-order chi connectivity index (χ1) is 7.06. The average molecular weight is 205 g/mol. The van der Waals surface area contributed by atoms with Crippen LogP contribution in [0, 0.1) is 5.41 Å². The standard InChI is InChI=1S/C13H19NO/c1-13(2,8-14)10-7-6-9-4-3-5-11(15)12(9)10/h3-5,10,15H,6-8,14H2,1-2H3. The van der Waals surface area contributed by atoms with Crippen molar-refractivity contribution in [3.05, 3.63) is 29.3 Å². The lowest BCUT2D eigenvalue weighted by molar-refractivity contribution is 0.289. The van der Waals surface area contributed by atoms with Crippen molar-refractivity contribution >= 4 is 0 Å². The van der Waals surface area contributed by atoms with Crippen LogP contribution in [0.5, 0.6) is 5.75 Å². The highest BCUT2D eigenvalue weighted by atomic mass is 16.3. The fourth-order valence-corrected chi connectivity index (χ4v) is 2.59. The van der Waals surface area contributed by atoms with Crippen molar-refractivity contribution in [2.24, 2.45) is 11.1 Å². The van der Waals surface area contributed by atoms with Gasteiger partial charge in [-0.15, -0.1) is 0 Å². The zero-order valence-corrected chi connectivity index (χ0v) is 9.46. The molecule has 2 heteroatoms. The molecule has 0 fully saturated rings. The molecule has 0 aromatic heterocycles. The molecule has 0 bridgehead atoms. The van der Waals surface area contributed by atoms with Crippen LogP contribution in [0.1, 0.15) is 37.3 Å². The van der Waals surface area contributed by atoms with Gasteiger partial charge in [0.05, 0.1) is 0 Å². The van der Waals surface area contributed by atoms with E-state index >= 15 is 0 Å². The number of hydrogen-bond donors (Lipinski definition) is 2. The molecule has 0 radical (unpaired) electrons. The number of phenolic OH excluding ortho intramolecular Hbond substituents is 1. The number of aryl methyl sites for hydroxylation is 1. The minimum atomic E-state index is 0.0735. The number of benzene rings is 1. The molecule has 0 saturated carbocycles. The average Bonchev–Trinajstić information content (AvgIpc) is 2.63. The van der Waals surface area contributed by atoms with Gasteiger partial charge in [0.25, 0.3) is 0 Å².